The van der Waals surface area contributed by atoms with Gasteiger partial charge >= 0.3 is 0 Å². The van der Waals surface area contributed by atoms with E-state index in [2.05, 4.69) is 20.4 Å². The van der Waals surface area contributed by atoms with Gasteiger partial charge in [0.05, 0.1) is 17.0 Å². The number of nitrogens with one attached hydrogen (secondary N) is 1. The van der Waals surface area contributed by atoms with E-state index in [1.807, 2.05) is 19.9 Å². The highest BCUT2D eigenvalue weighted by Crippen LogP contribution is 2.35. The van der Waals surface area contributed by atoms with E-state index in [-0.39, 0.29) is 19.3 Å². The van der Waals surface area contributed by atoms with Gasteiger partial charge in [0, 0.05) is 31.3 Å². The SMILES string of the molecule is Cc1cc(-c2cnc(C)nc2CCNC(=O)COc2ccc3c(c2)OCO3)on1. The summed E-state index contributed by atoms with van der Waals surface area (Å²) in [4.78, 5) is 20.8. The van der Waals surface area contributed by atoms with E-state index in [4.69, 9.17) is 18.7 Å². The Balaban J connectivity index is 1.31. The van der Waals surface area contributed by atoms with E-state index in [1.54, 1.807) is 24.4 Å². The van der Waals surface area contributed by atoms with Crippen LogP contribution in [0.3, 0.4) is 0 Å². The highest BCUT2D eigenvalue weighted by Gasteiger charge is 2.15. The number of ether oxygens (including phenoxy) is 3. The summed E-state index contributed by atoms with van der Waals surface area (Å²) in [6.45, 7) is 4.16. The molecule has 0 unspecified atom stereocenters. The van der Waals surface area contributed by atoms with Crippen molar-refractivity contribution in [2.24, 2.45) is 0 Å². The minimum atomic E-state index is -0.231. The van der Waals surface area contributed by atoms with Gasteiger partial charge in [-0.1, -0.05) is 5.16 Å². The van der Waals surface area contributed by atoms with Gasteiger partial charge in [-0.05, 0) is 26.0 Å². The lowest BCUT2D eigenvalue weighted by molar-refractivity contribution is -0.123. The molecule has 1 aliphatic rings. The lowest BCUT2D eigenvalue weighted by atomic mass is 10.1. The van der Waals surface area contributed by atoms with Gasteiger partial charge in [0.1, 0.15) is 11.6 Å². The topological polar surface area (TPSA) is 109 Å². The van der Waals surface area contributed by atoms with Crippen molar-refractivity contribution in [2.45, 2.75) is 20.3 Å². The van der Waals surface area contributed by atoms with Crippen molar-refractivity contribution in [1.82, 2.24) is 20.4 Å². The summed E-state index contributed by atoms with van der Waals surface area (Å²) in [5.41, 5.74) is 2.33. The Hall–Kier alpha value is -3.62. The fourth-order valence-corrected chi connectivity index (χ4v) is 2.89. The number of nitrogens with zero attached hydrogens (tertiary/aromatic N) is 3. The first-order valence-corrected chi connectivity index (χ1v) is 9.14. The lowest BCUT2D eigenvalue weighted by Crippen LogP contribution is -2.30. The minimum Gasteiger partial charge on any atom is -0.484 e. The van der Waals surface area contributed by atoms with Crippen molar-refractivity contribution < 1.29 is 23.5 Å². The van der Waals surface area contributed by atoms with Crippen molar-refractivity contribution in [3.63, 3.8) is 0 Å². The molecule has 29 heavy (non-hydrogen) atoms. The third-order valence-corrected chi connectivity index (χ3v) is 4.28. The molecule has 0 bridgehead atoms. The molecule has 0 saturated heterocycles. The zero-order valence-corrected chi connectivity index (χ0v) is 16.1. The van der Waals surface area contributed by atoms with E-state index in [1.165, 1.54) is 0 Å². The molecule has 9 nitrogen and oxygen atoms in total. The highest BCUT2D eigenvalue weighted by molar-refractivity contribution is 5.77. The Morgan fingerprint density at radius 2 is 2.07 bits per heavy atom. The lowest BCUT2D eigenvalue weighted by Gasteiger charge is -2.09. The van der Waals surface area contributed by atoms with E-state index in [0.717, 1.165) is 17.0 Å². The Bertz CT molecular complexity index is 1030. The van der Waals surface area contributed by atoms with Gasteiger partial charge in [-0.25, -0.2) is 9.97 Å². The molecule has 2 aromatic heterocycles. The number of rotatable bonds is 7. The van der Waals surface area contributed by atoms with Gasteiger partial charge in [-0.2, -0.15) is 0 Å². The van der Waals surface area contributed by atoms with Gasteiger partial charge in [-0.15, -0.1) is 0 Å². The van der Waals surface area contributed by atoms with Crippen LogP contribution < -0.4 is 19.5 Å². The van der Waals surface area contributed by atoms with Crippen LogP contribution in [0.25, 0.3) is 11.3 Å². The largest absolute Gasteiger partial charge is 0.484 e. The molecule has 0 saturated carbocycles. The van der Waals surface area contributed by atoms with Crippen LogP contribution in [0.1, 0.15) is 17.2 Å². The van der Waals surface area contributed by atoms with E-state index < -0.39 is 0 Å². The fraction of sp³-hybridized carbons (Fsp3) is 0.300. The zero-order valence-electron chi connectivity index (χ0n) is 16.1. The van der Waals surface area contributed by atoms with Crippen molar-refractivity contribution in [1.29, 1.82) is 0 Å². The monoisotopic (exact) mass is 396 g/mol. The van der Waals surface area contributed by atoms with Crippen LogP contribution in [0.5, 0.6) is 17.2 Å². The first-order chi connectivity index (χ1) is 14.1. The maximum atomic E-state index is 12.1. The molecule has 0 aliphatic carbocycles. The molecular formula is C20H20N4O5. The van der Waals surface area contributed by atoms with Crippen molar-refractivity contribution in [3.05, 3.63) is 47.7 Å². The van der Waals surface area contributed by atoms with Crippen molar-refractivity contribution >= 4 is 5.91 Å². The van der Waals surface area contributed by atoms with Gasteiger partial charge in [-0.3, -0.25) is 4.79 Å². The second-order valence-electron chi connectivity index (χ2n) is 6.51. The number of aryl methyl sites for hydroxylation is 2. The first kappa shape index (κ1) is 18.7. The number of hydrogen-bond acceptors (Lipinski definition) is 8. The standard InChI is InChI=1S/C20H20N4O5/c1-12-7-18(29-24-12)15-9-22-13(2)23-16(15)5-6-21-20(25)10-26-14-3-4-17-19(8-14)28-11-27-17/h3-4,7-9H,5-6,10-11H2,1-2H3,(H,21,25). The smallest absolute Gasteiger partial charge is 0.257 e. The van der Waals surface area contributed by atoms with Crippen molar-refractivity contribution in [2.75, 3.05) is 19.9 Å². The summed E-state index contributed by atoms with van der Waals surface area (Å²) in [6, 6.07) is 7.01. The Labute approximate surface area is 167 Å². The van der Waals surface area contributed by atoms with Crippen LogP contribution in [0.4, 0.5) is 0 Å². The molecule has 4 rings (SSSR count). The molecule has 0 radical (unpaired) electrons. The number of fused-ring (bicyclic) bond motifs is 1. The third kappa shape index (κ3) is 4.45. The fourth-order valence-electron chi connectivity index (χ4n) is 2.89. The van der Waals surface area contributed by atoms with E-state index in [0.29, 0.717) is 41.8 Å². The maximum absolute atomic E-state index is 12.1. The number of carbonyl (C=O) groups excluding carboxylic acids is 1. The summed E-state index contributed by atoms with van der Waals surface area (Å²) < 4.78 is 21.4. The van der Waals surface area contributed by atoms with Crippen LogP contribution in [0.2, 0.25) is 0 Å². The van der Waals surface area contributed by atoms with Gasteiger partial charge in [0.2, 0.25) is 6.79 Å². The highest BCUT2D eigenvalue weighted by atomic mass is 16.7. The molecule has 1 amide bonds. The third-order valence-electron chi connectivity index (χ3n) is 4.28. The summed E-state index contributed by atoms with van der Waals surface area (Å²) in [6.07, 6.45) is 2.23. The quantitative estimate of drug-likeness (QED) is 0.648. The Morgan fingerprint density at radius 3 is 2.90 bits per heavy atom. The second-order valence-corrected chi connectivity index (χ2v) is 6.51. The molecule has 9 heteroatoms. The van der Waals surface area contributed by atoms with Crippen LogP contribution in [0, 0.1) is 13.8 Å². The molecule has 0 fully saturated rings. The van der Waals surface area contributed by atoms with E-state index >= 15 is 0 Å². The Kier molecular flexibility index (Phi) is 5.28. The minimum absolute atomic E-state index is 0.101. The molecule has 1 N–H and O–H groups in total. The Morgan fingerprint density at radius 1 is 1.21 bits per heavy atom. The molecule has 1 aliphatic heterocycles. The average Bonchev–Trinajstić information content (AvgIpc) is 3.35. The van der Waals surface area contributed by atoms with Crippen LogP contribution in [-0.4, -0.2) is 41.0 Å². The zero-order chi connectivity index (χ0) is 20.2. The number of carbonyl (C=O) groups is 1. The summed E-state index contributed by atoms with van der Waals surface area (Å²) in [7, 11) is 0. The molecule has 0 spiro atoms. The molecule has 1 aromatic carbocycles. The second kappa shape index (κ2) is 8.17. The molecule has 3 aromatic rings. The summed E-state index contributed by atoms with van der Waals surface area (Å²) in [5, 5.41) is 6.74. The number of hydrogen-bond donors (Lipinski definition) is 1. The predicted octanol–water partition coefficient (Wildman–Crippen LogP) is 2.21. The predicted molar refractivity (Wildman–Crippen MR) is 102 cm³/mol. The van der Waals surface area contributed by atoms with Crippen LogP contribution >= 0.6 is 0 Å². The van der Waals surface area contributed by atoms with E-state index in [9.17, 15) is 4.79 Å². The van der Waals surface area contributed by atoms with Crippen LogP contribution in [-0.2, 0) is 11.2 Å². The van der Waals surface area contributed by atoms with Gasteiger partial charge in [0.25, 0.3) is 5.91 Å². The molecule has 150 valence electrons. The first-order valence-electron chi connectivity index (χ1n) is 9.14. The van der Waals surface area contributed by atoms with Gasteiger partial charge in [0.15, 0.2) is 23.9 Å². The van der Waals surface area contributed by atoms with Gasteiger partial charge < -0.3 is 24.1 Å². The summed E-state index contributed by atoms with van der Waals surface area (Å²) >= 11 is 0. The molecule has 3 heterocycles. The number of benzene rings is 1. The molecule has 0 atom stereocenters. The van der Waals surface area contributed by atoms with Crippen molar-refractivity contribution in [3.8, 4) is 28.6 Å². The maximum Gasteiger partial charge on any atom is 0.257 e. The summed E-state index contributed by atoms with van der Waals surface area (Å²) in [5.74, 6) is 2.84. The molecular weight excluding hydrogens is 376 g/mol. The van der Waals surface area contributed by atoms with Crippen LogP contribution in [0.15, 0.2) is 35.0 Å². The normalized spacial score (nSPS) is 12.1. The average molecular weight is 396 g/mol. The number of amides is 1. The number of aromatic nitrogens is 3.